The van der Waals surface area contributed by atoms with E-state index in [2.05, 4.69) is 26.7 Å². The lowest BCUT2D eigenvalue weighted by molar-refractivity contribution is 0.0697. The van der Waals surface area contributed by atoms with Gasteiger partial charge in [0.2, 0.25) is 0 Å². The Morgan fingerprint density at radius 2 is 2.17 bits per heavy atom. The van der Waals surface area contributed by atoms with Crippen LogP contribution in [0.15, 0.2) is 54.9 Å². The van der Waals surface area contributed by atoms with E-state index in [0.29, 0.717) is 18.8 Å². The van der Waals surface area contributed by atoms with Gasteiger partial charge in [0.05, 0.1) is 24.1 Å². The van der Waals surface area contributed by atoms with Gasteiger partial charge in [0, 0.05) is 36.1 Å². The van der Waals surface area contributed by atoms with E-state index in [9.17, 15) is 9.90 Å². The summed E-state index contributed by atoms with van der Waals surface area (Å²) in [7, 11) is 0. The lowest BCUT2D eigenvalue weighted by Crippen LogP contribution is -2.21. The van der Waals surface area contributed by atoms with Gasteiger partial charge in [0.15, 0.2) is 0 Å². The van der Waals surface area contributed by atoms with E-state index in [1.54, 1.807) is 6.20 Å². The summed E-state index contributed by atoms with van der Waals surface area (Å²) in [5.74, 6) is 0.872. The first-order chi connectivity index (χ1) is 14.1. The number of anilines is 3. The smallest absolute Gasteiger partial charge is 0.337 e. The molecule has 3 aromatic rings. The molecule has 0 amide bonds. The van der Waals surface area contributed by atoms with Crippen molar-refractivity contribution in [2.45, 2.75) is 19.3 Å². The second kappa shape index (κ2) is 8.18. The Balaban J connectivity index is 1.49. The fourth-order valence-electron chi connectivity index (χ4n) is 3.47. The molecule has 1 atom stereocenters. The van der Waals surface area contributed by atoms with Crippen LogP contribution in [0.5, 0.6) is 5.75 Å². The van der Waals surface area contributed by atoms with Gasteiger partial charge in [-0.2, -0.15) is 0 Å². The van der Waals surface area contributed by atoms with Crippen molar-refractivity contribution in [3.8, 4) is 5.75 Å². The van der Waals surface area contributed by atoms with Crippen LogP contribution in [0.2, 0.25) is 0 Å². The highest BCUT2D eigenvalue weighted by molar-refractivity contribution is 5.93. The number of fused-ring (bicyclic) bond motifs is 1. The summed E-state index contributed by atoms with van der Waals surface area (Å²) in [6.45, 7) is 3.18. The molecule has 1 aromatic carbocycles. The summed E-state index contributed by atoms with van der Waals surface area (Å²) >= 11 is 0. The SMILES string of the molecule is Cc1cccc(Nc2ccc3c(c2)OCC[C@H]3CNc2cnccc2C(=O)O)n1. The number of hydrogen-bond donors (Lipinski definition) is 3. The highest BCUT2D eigenvalue weighted by Crippen LogP contribution is 2.36. The zero-order valence-electron chi connectivity index (χ0n) is 16.1. The Morgan fingerprint density at radius 1 is 1.28 bits per heavy atom. The molecule has 0 radical (unpaired) electrons. The number of aromatic nitrogens is 2. The molecular formula is C22H22N4O3. The molecule has 1 aliphatic heterocycles. The molecule has 0 saturated carbocycles. The third-order valence-corrected chi connectivity index (χ3v) is 4.93. The fourth-order valence-corrected chi connectivity index (χ4v) is 3.47. The molecule has 148 valence electrons. The Bertz CT molecular complexity index is 1040. The monoisotopic (exact) mass is 390 g/mol. The number of hydrogen-bond acceptors (Lipinski definition) is 6. The second-order valence-corrected chi connectivity index (χ2v) is 6.98. The molecule has 0 saturated heterocycles. The first-order valence-corrected chi connectivity index (χ1v) is 9.49. The molecular weight excluding hydrogens is 368 g/mol. The highest BCUT2D eigenvalue weighted by atomic mass is 16.5. The Kier molecular flexibility index (Phi) is 5.29. The largest absolute Gasteiger partial charge is 0.493 e. The van der Waals surface area contributed by atoms with E-state index < -0.39 is 5.97 Å². The maximum Gasteiger partial charge on any atom is 0.337 e. The van der Waals surface area contributed by atoms with Crippen molar-refractivity contribution in [3.63, 3.8) is 0 Å². The summed E-state index contributed by atoms with van der Waals surface area (Å²) in [5, 5.41) is 15.9. The number of ether oxygens (including phenoxy) is 1. The standard InChI is InChI=1S/C22H22N4O3/c1-14-3-2-4-21(25-14)26-16-5-6-17-15(8-10-29-20(17)11-16)12-24-19-13-23-9-7-18(19)22(27)28/h2-7,9,11,13,15,24H,8,10,12H2,1H3,(H,25,26)(H,27,28)/t15-/m0/s1. The molecule has 0 unspecified atom stereocenters. The number of carboxylic acid groups (broad SMARTS) is 1. The second-order valence-electron chi connectivity index (χ2n) is 6.98. The van der Waals surface area contributed by atoms with Gasteiger partial charge >= 0.3 is 5.97 Å². The number of carboxylic acids is 1. The van der Waals surface area contributed by atoms with Crippen LogP contribution in [-0.2, 0) is 0 Å². The van der Waals surface area contributed by atoms with Gasteiger partial charge < -0.3 is 20.5 Å². The first kappa shape index (κ1) is 18.7. The number of aryl methyl sites for hydroxylation is 1. The number of nitrogens with one attached hydrogen (secondary N) is 2. The van der Waals surface area contributed by atoms with Crippen molar-refractivity contribution in [2.24, 2.45) is 0 Å². The van der Waals surface area contributed by atoms with Gasteiger partial charge in [-0.3, -0.25) is 4.98 Å². The number of rotatable bonds is 6. The summed E-state index contributed by atoms with van der Waals surface area (Å²) < 4.78 is 5.88. The maximum atomic E-state index is 11.4. The topological polar surface area (TPSA) is 96.4 Å². The van der Waals surface area contributed by atoms with E-state index >= 15 is 0 Å². The molecule has 0 spiro atoms. The van der Waals surface area contributed by atoms with Crippen LogP contribution in [0.25, 0.3) is 0 Å². The minimum atomic E-state index is -0.970. The van der Waals surface area contributed by atoms with Crippen LogP contribution in [0, 0.1) is 6.92 Å². The average molecular weight is 390 g/mol. The van der Waals surface area contributed by atoms with Crippen molar-refractivity contribution < 1.29 is 14.6 Å². The zero-order valence-corrected chi connectivity index (χ0v) is 16.1. The zero-order chi connectivity index (χ0) is 20.2. The maximum absolute atomic E-state index is 11.4. The van der Waals surface area contributed by atoms with E-state index in [0.717, 1.165) is 34.9 Å². The van der Waals surface area contributed by atoms with E-state index in [-0.39, 0.29) is 11.5 Å². The molecule has 7 heteroatoms. The van der Waals surface area contributed by atoms with Gasteiger partial charge in [-0.05, 0) is 43.2 Å². The number of nitrogens with zero attached hydrogens (tertiary/aromatic N) is 2. The normalized spacial score (nSPS) is 15.1. The van der Waals surface area contributed by atoms with Crippen molar-refractivity contribution in [1.29, 1.82) is 0 Å². The highest BCUT2D eigenvalue weighted by Gasteiger charge is 2.22. The quantitative estimate of drug-likeness (QED) is 0.580. The average Bonchev–Trinajstić information content (AvgIpc) is 2.72. The number of aromatic carboxylic acids is 1. The minimum absolute atomic E-state index is 0.215. The van der Waals surface area contributed by atoms with Crippen LogP contribution in [-0.4, -0.2) is 34.2 Å². The third kappa shape index (κ3) is 4.29. The van der Waals surface area contributed by atoms with Gasteiger partial charge in [-0.25, -0.2) is 9.78 Å². The van der Waals surface area contributed by atoms with Gasteiger partial charge in [0.25, 0.3) is 0 Å². The predicted octanol–water partition coefficient (Wildman–Crippen LogP) is 4.21. The molecule has 0 fully saturated rings. The number of benzene rings is 1. The van der Waals surface area contributed by atoms with Crippen molar-refractivity contribution >= 4 is 23.2 Å². The third-order valence-electron chi connectivity index (χ3n) is 4.93. The van der Waals surface area contributed by atoms with Gasteiger partial charge in [-0.1, -0.05) is 12.1 Å². The number of carbonyl (C=O) groups is 1. The Hall–Kier alpha value is -3.61. The molecule has 3 N–H and O–H groups in total. The Morgan fingerprint density at radius 3 is 3.00 bits per heavy atom. The van der Waals surface area contributed by atoms with Gasteiger partial charge in [-0.15, -0.1) is 0 Å². The molecule has 0 bridgehead atoms. The molecule has 7 nitrogen and oxygen atoms in total. The van der Waals surface area contributed by atoms with E-state index in [4.69, 9.17) is 4.74 Å². The van der Waals surface area contributed by atoms with Gasteiger partial charge in [0.1, 0.15) is 11.6 Å². The van der Waals surface area contributed by atoms with E-state index in [1.807, 2.05) is 37.3 Å². The van der Waals surface area contributed by atoms with Crippen LogP contribution in [0.4, 0.5) is 17.2 Å². The molecule has 4 rings (SSSR count). The molecule has 2 aromatic heterocycles. The summed E-state index contributed by atoms with van der Waals surface area (Å²) in [6.07, 6.45) is 3.89. The molecule has 1 aliphatic rings. The van der Waals surface area contributed by atoms with E-state index in [1.165, 1.54) is 12.3 Å². The summed E-state index contributed by atoms with van der Waals surface area (Å²) in [4.78, 5) is 19.9. The van der Waals surface area contributed by atoms with Crippen molar-refractivity contribution in [2.75, 3.05) is 23.8 Å². The minimum Gasteiger partial charge on any atom is -0.493 e. The fraction of sp³-hybridized carbons (Fsp3) is 0.227. The van der Waals surface area contributed by atoms with Crippen LogP contribution >= 0.6 is 0 Å². The van der Waals surface area contributed by atoms with Crippen LogP contribution in [0.1, 0.15) is 34.0 Å². The Labute approximate surface area is 168 Å². The summed E-state index contributed by atoms with van der Waals surface area (Å²) in [5.41, 5.74) is 3.71. The lowest BCUT2D eigenvalue weighted by Gasteiger charge is -2.27. The van der Waals surface area contributed by atoms with Crippen molar-refractivity contribution in [3.05, 3.63) is 71.7 Å². The summed E-state index contributed by atoms with van der Waals surface area (Å²) in [6, 6.07) is 13.4. The number of pyridine rings is 2. The van der Waals surface area contributed by atoms with Crippen LogP contribution in [0.3, 0.4) is 0 Å². The molecule has 0 aliphatic carbocycles. The van der Waals surface area contributed by atoms with Crippen LogP contribution < -0.4 is 15.4 Å². The lowest BCUT2D eigenvalue weighted by atomic mass is 9.92. The predicted molar refractivity (Wildman–Crippen MR) is 111 cm³/mol. The first-order valence-electron chi connectivity index (χ1n) is 9.49. The van der Waals surface area contributed by atoms with Crippen molar-refractivity contribution in [1.82, 2.24) is 9.97 Å². The molecule has 3 heterocycles. The molecule has 29 heavy (non-hydrogen) atoms.